The van der Waals surface area contributed by atoms with E-state index >= 15 is 0 Å². The summed E-state index contributed by atoms with van der Waals surface area (Å²) in [5.74, 6) is 0.964. The van der Waals surface area contributed by atoms with Crippen LogP contribution < -0.4 is 12.4 Å². The number of benzene rings is 1. The van der Waals surface area contributed by atoms with Gasteiger partial charge in [0, 0.05) is 0 Å². The Kier molecular flexibility index (Phi) is 4.13. The molecule has 5 heteroatoms. The molecular weight excluding hydrogens is 305 g/mol. The van der Waals surface area contributed by atoms with E-state index in [1.54, 1.807) is 0 Å². The summed E-state index contributed by atoms with van der Waals surface area (Å²) in [4.78, 5) is 0. The minimum atomic E-state index is 0. The summed E-state index contributed by atoms with van der Waals surface area (Å²) in [5, 5.41) is 0. The molecule has 62 valence electrons. The van der Waals surface area contributed by atoms with Crippen LogP contribution >= 0.6 is 0 Å². The van der Waals surface area contributed by atoms with Crippen LogP contribution in [0.4, 0.5) is 0 Å². The predicted octanol–water partition coefficient (Wildman–Crippen LogP) is -2.46. The van der Waals surface area contributed by atoms with Gasteiger partial charge in [-0.3, -0.25) is 0 Å². The average Bonchev–Trinajstić information content (AvgIpc) is 2.58. The average molecular weight is 311 g/mol. The van der Waals surface area contributed by atoms with Gasteiger partial charge >= 0.3 is 75.4 Å². The SMILES string of the molecule is [Cl-].c1ccc(-c2n[se][se+]n2)cc1. The van der Waals surface area contributed by atoms with Crippen molar-refractivity contribution >= 4 is 25.7 Å². The Morgan fingerprint density at radius 2 is 1.92 bits per heavy atom. The second-order valence-corrected chi connectivity index (χ2v) is 6.66. The van der Waals surface area contributed by atoms with E-state index in [9.17, 15) is 0 Å². The van der Waals surface area contributed by atoms with Crippen LogP contribution in [-0.2, 0) is 0 Å². The van der Waals surface area contributed by atoms with Crippen molar-refractivity contribution in [1.82, 2.24) is 7.96 Å². The Labute approximate surface area is 87.6 Å². The van der Waals surface area contributed by atoms with Crippen molar-refractivity contribution in [2.24, 2.45) is 0 Å². The Balaban J connectivity index is 0.000000720. The summed E-state index contributed by atoms with van der Waals surface area (Å²) in [6, 6.07) is 10.2. The van der Waals surface area contributed by atoms with E-state index in [1.807, 2.05) is 18.2 Å². The molecule has 1 heterocycles. The third-order valence-corrected chi connectivity index (χ3v) is 4.84. The van der Waals surface area contributed by atoms with E-state index in [-0.39, 0.29) is 12.4 Å². The van der Waals surface area contributed by atoms with Gasteiger partial charge in [-0.05, 0) is 0 Å². The molecule has 0 saturated heterocycles. The number of aromatic nitrogens is 2. The molecule has 0 unspecified atom stereocenters. The van der Waals surface area contributed by atoms with Crippen LogP contribution in [0.1, 0.15) is 0 Å². The predicted molar refractivity (Wildman–Crippen MR) is 45.8 cm³/mol. The molecule has 2 aromatic rings. The fraction of sp³-hybridized carbons (Fsp3) is 0. The van der Waals surface area contributed by atoms with Gasteiger partial charge in [0.2, 0.25) is 0 Å². The molecule has 0 fully saturated rings. The van der Waals surface area contributed by atoms with Gasteiger partial charge in [0.05, 0.1) is 0 Å². The third kappa shape index (κ3) is 2.25. The number of halogens is 1. The van der Waals surface area contributed by atoms with Crippen molar-refractivity contribution in [3.8, 4) is 11.4 Å². The summed E-state index contributed by atoms with van der Waals surface area (Å²) in [7, 11) is 0. The Morgan fingerprint density at radius 1 is 1.17 bits per heavy atom. The Morgan fingerprint density at radius 3 is 2.50 bits per heavy atom. The maximum absolute atomic E-state index is 4.35. The monoisotopic (exact) mass is 312 g/mol. The first-order valence-electron chi connectivity index (χ1n) is 3.14. The first-order valence-corrected chi connectivity index (χ1v) is 9.01. The summed E-state index contributed by atoms with van der Waals surface area (Å²) in [6.45, 7) is 0. The van der Waals surface area contributed by atoms with Crippen molar-refractivity contribution in [3.63, 3.8) is 0 Å². The first kappa shape index (κ1) is 10.1. The summed E-state index contributed by atoms with van der Waals surface area (Å²) >= 11 is 0.857. The Bertz CT molecular complexity index is 322. The first-order chi connectivity index (χ1) is 5.47. The van der Waals surface area contributed by atoms with Crippen LogP contribution in [0.25, 0.3) is 11.4 Å². The molecular formula is C7H5ClN2Se2. The molecule has 2 nitrogen and oxygen atoms in total. The molecule has 0 N–H and O–H groups in total. The molecule has 1 aromatic carbocycles. The van der Waals surface area contributed by atoms with Gasteiger partial charge < -0.3 is 12.4 Å². The van der Waals surface area contributed by atoms with Crippen LogP contribution in [-0.4, -0.2) is 33.7 Å². The van der Waals surface area contributed by atoms with Crippen LogP contribution in [0.2, 0.25) is 0 Å². The maximum atomic E-state index is 4.35. The van der Waals surface area contributed by atoms with Crippen molar-refractivity contribution < 1.29 is 12.4 Å². The van der Waals surface area contributed by atoms with E-state index in [4.69, 9.17) is 0 Å². The summed E-state index contributed by atoms with van der Waals surface area (Å²) in [6.07, 6.45) is 0. The molecule has 0 aliphatic carbocycles. The molecule has 0 spiro atoms. The summed E-state index contributed by atoms with van der Waals surface area (Å²) < 4.78 is 8.69. The normalized spacial score (nSPS) is 9.00. The summed E-state index contributed by atoms with van der Waals surface area (Å²) in [5.41, 5.74) is 1.16. The molecule has 0 aliphatic heterocycles. The van der Waals surface area contributed by atoms with Gasteiger partial charge in [0.25, 0.3) is 0 Å². The fourth-order valence-electron chi connectivity index (χ4n) is 0.813. The van der Waals surface area contributed by atoms with E-state index in [2.05, 4.69) is 20.1 Å². The second kappa shape index (κ2) is 4.90. The van der Waals surface area contributed by atoms with Gasteiger partial charge in [-0.15, -0.1) is 0 Å². The van der Waals surface area contributed by atoms with Crippen LogP contribution in [0, 0.1) is 0 Å². The quantitative estimate of drug-likeness (QED) is 0.546. The topological polar surface area (TPSA) is 25.8 Å². The molecule has 0 atom stereocenters. The molecule has 0 saturated carbocycles. The standard InChI is InChI=1S/C7H5N2Se2.ClH/c1-2-4-6(5-3-1)7-8-10-11-9-7;/h1-5H;1H/q+1;/p-1. The number of nitrogens with zero attached hydrogens (tertiary/aromatic N) is 2. The Hall–Kier alpha value is 0.0190. The number of rotatable bonds is 1. The zero-order valence-electron chi connectivity index (χ0n) is 5.98. The van der Waals surface area contributed by atoms with E-state index in [1.165, 1.54) is 0 Å². The van der Waals surface area contributed by atoms with Gasteiger partial charge in [0.15, 0.2) is 0 Å². The van der Waals surface area contributed by atoms with E-state index < -0.39 is 0 Å². The molecule has 0 aliphatic rings. The van der Waals surface area contributed by atoms with Gasteiger partial charge in [-0.2, -0.15) is 0 Å². The van der Waals surface area contributed by atoms with Crippen molar-refractivity contribution in [3.05, 3.63) is 30.3 Å². The van der Waals surface area contributed by atoms with Crippen molar-refractivity contribution in [1.29, 1.82) is 0 Å². The minimum absolute atomic E-state index is 0. The van der Waals surface area contributed by atoms with Gasteiger partial charge in [-0.1, -0.05) is 0 Å². The fourth-order valence-corrected chi connectivity index (χ4v) is 4.39. The van der Waals surface area contributed by atoms with Crippen LogP contribution in [0.5, 0.6) is 0 Å². The molecule has 1 aromatic heterocycles. The third-order valence-electron chi connectivity index (χ3n) is 1.31. The van der Waals surface area contributed by atoms with Crippen molar-refractivity contribution in [2.75, 3.05) is 0 Å². The molecule has 0 bridgehead atoms. The van der Waals surface area contributed by atoms with Crippen molar-refractivity contribution in [2.45, 2.75) is 0 Å². The van der Waals surface area contributed by atoms with E-state index in [0.717, 1.165) is 11.4 Å². The van der Waals surface area contributed by atoms with Crippen LogP contribution in [0.15, 0.2) is 30.3 Å². The van der Waals surface area contributed by atoms with Gasteiger partial charge in [-0.25, -0.2) is 0 Å². The number of hydrogen-bond donors (Lipinski definition) is 0. The molecule has 2 rings (SSSR count). The zero-order chi connectivity index (χ0) is 7.52. The van der Waals surface area contributed by atoms with E-state index in [0.29, 0.717) is 25.7 Å². The molecule has 12 heavy (non-hydrogen) atoms. The second-order valence-electron chi connectivity index (χ2n) is 2.02. The van der Waals surface area contributed by atoms with Gasteiger partial charge in [0.1, 0.15) is 0 Å². The van der Waals surface area contributed by atoms with Crippen LogP contribution in [0.3, 0.4) is 0 Å². The molecule has 0 radical (unpaired) electrons. The zero-order valence-corrected chi connectivity index (χ0v) is 10.2. The number of hydrogen-bond acceptors (Lipinski definition) is 2. The molecule has 0 amide bonds.